The van der Waals surface area contributed by atoms with Crippen LogP contribution in [0.25, 0.3) is 0 Å². The lowest BCUT2D eigenvalue weighted by molar-refractivity contribution is 0.413. The van der Waals surface area contributed by atoms with E-state index in [2.05, 4.69) is 28.2 Å². The van der Waals surface area contributed by atoms with Gasteiger partial charge in [0.15, 0.2) is 0 Å². The lowest BCUT2D eigenvalue weighted by Gasteiger charge is -2.32. The summed E-state index contributed by atoms with van der Waals surface area (Å²) in [6.45, 7) is 4.96. The molecule has 0 atom stereocenters. The quantitative estimate of drug-likeness (QED) is 0.888. The molecule has 1 fully saturated rings. The highest BCUT2D eigenvalue weighted by Crippen LogP contribution is 2.24. The predicted octanol–water partition coefficient (Wildman–Crippen LogP) is 2.96. The Morgan fingerprint density at radius 3 is 2.57 bits per heavy atom. The van der Waals surface area contributed by atoms with Gasteiger partial charge in [-0.05, 0) is 43.9 Å². The van der Waals surface area contributed by atoms with Crippen LogP contribution in [-0.4, -0.2) is 29.6 Å². The van der Waals surface area contributed by atoms with Crippen molar-refractivity contribution in [2.24, 2.45) is 11.7 Å². The number of aryl methyl sites for hydroxylation is 1. The van der Waals surface area contributed by atoms with Crippen molar-refractivity contribution in [3.05, 3.63) is 42.1 Å². The molecule has 23 heavy (non-hydrogen) atoms. The molecule has 2 heterocycles. The Labute approximate surface area is 137 Å². The van der Waals surface area contributed by atoms with Crippen molar-refractivity contribution in [2.45, 2.75) is 26.2 Å². The van der Waals surface area contributed by atoms with Gasteiger partial charge in [0.25, 0.3) is 0 Å². The van der Waals surface area contributed by atoms with Crippen LogP contribution in [0.3, 0.4) is 0 Å². The van der Waals surface area contributed by atoms with Crippen LogP contribution in [0.4, 0.5) is 17.5 Å². The van der Waals surface area contributed by atoms with Gasteiger partial charge < -0.3 is 16.0 Å². The van der Waals surface area contributed by atoms with Crippen LogP contribution in [0.2, 0.25) is 0 Å². The largest absolute Gasteiger partial charge is 0.356 e. The van der Waals surface area contributed by atoms with Crippen molar-refractivity contribution in [2.75, 3.05) is 29.9 Å². The summed E-state index contributed by atoms with van der Waals surface area (Å²) in [7, 11) is 0. The molecular weight excluding hydrogens is 286 g/mol. The molecule has 3 rings (SSSR count). The van der Waals surface area contributed by atoms with Crippen LogP contribution in [0.15, 0.2) is 36.4 Å². The first-order chi connectivity index (χ1) is 11.3. The maximum Gasteiger partial charge on any atom is 0.229 e. The molecule has 3 N–H and O–H groups in total. The van der Waals surface area contributed by atoms with E-state index < -0.39 is 0 Å². The third kappa shape index (κ3) is 3.99. The smallest absolute Gasteiger partial charge is 0.229 e. The molecule has 0 aliphatic carbocycles. The number of rotatable bonds is 5. The molecule has 1 saturated heterocycles. The number of para-hydroxylation sites is 1. The lowest BCUT2D eigenvalue weighted by atomic mass is 9.97. The third-order valence-electron chi connectivity index (χ3n) is 4.43. The van der Waals surface area contributed by atoms with Crippen molar-refractivity contribution in [3.8, 4) is 0 Å². The summed E-state index contributed by atoms with van der Waals surface area (Å²) < 4.78 is 0. The molecule has 0 bridgehead atoms. The van der Waals surface area contributed by atoms with Crippen LogP contribution in [0.5, 0.6) is 0 Å². The average Bonchev–Trinajstić information content (AvgIpc) is 2.62. The van der Waals surface area contributed by atoms with E-state index >= 15 is 0 Å². The Bertz CT molecular complexity index is 621. The Kier molecular flexibility index (Phi) is 5.08. The number of anilines is 3. The molecule has 0 saturated carbocycles. The number of nitrogens with two attached hydrogens (primary N) is 1. The fourth-order valence-corrected chi connectivity index (χ4v) is 2.93. The molecule has 0 amide bonds. The molecule has 122 valence electrons. The molecule has 1 aliphatic heterocycles. The van der Waals surface area contributed by atoms with Gasteiger partial charge in [0.1, 0.15) is 5.82 Å². The first-order valence-corrected chi connectivity index (χ1v) is 8.43. The summed E-state index contributed by atoms with van der Waals surface area (Å²) in [5.74, 6) is 2.35. The van der Waals surface area contributed by atoms with Crippen molar-refractivity contribution in [3.63, 3.8) is 0 Å². The Balaban J connectivity index is 1.79. The van der Waals surface area contributed by atoms with E-state index in [1.54, 1.807) is 0 Å². The van der Waals surface area contributed by atoms with Gasteiger partial charge in [-0.1, -0.05) is 25.1 Å². The van der Waals surface area contributed by atoms with Gasteiger partial charge in [-0.25, -0.2) is 4.98 Å². The van der Waals surface area contributed by atoms with E-state index in [0.717, 1.165) is 56.1 Å². The van der Waals surface area contributed by atoms with Gasteiger partial charge in [-0.2, -0.15) is 4.98 Å². The molecule has 0 unspecified atom stereocenters. The van der Waals surface area contributed by atoms with E-state index in [0.29, 0.717) is 11.9 Å². The van der Waals surface area contributed by atoms with Gasteiger partial charge >= 0.3 is 0 Å². The van der Waals surface area contributed by atoms with Crippen LogP contribution in [0, 0.1) is 5.92 Å². The number of nitrogens with zero attached hydrogens (tertiary/aromatic N) is 3. The fourth-order valence-electron chi connectivity index (χ4n) is 2.93. The van der Waals surface area contributed by atoms with Crippen LogP contribution in [0.1, 0.15) is 25.5 Å². The minimum Gasteiger partial charge on any atom is -0.356 e. The monoisotopic (exact) mass is 311 g/mol. The number of nitrogens with one attached hydrogen (secondary N) is 1. The maximum absolute atomic E-state index is 5.79. The molecule has 0 radical (unpaired) electrons. The summed E-state index contributed by atoms with van der Waals surface area (Å²) in [5, 5.41) is 3.31. The zero-order valence-electron chi connectivity index (χ0n) is 13.7. The van der Waals surface area contributed by atoms with Gasteiger partial charge in [0, 0.05) is 30.5 Å². The number of aromatic nitrogens is 2. The van der Waals surface area contributed by atoms with Crippen molar-refractivity contribution < 1.29 is 0 Å². The highest BCUT2D eigenvalue weighted by Gasteiger charge is 2.20. The first kappa shape index (κ1) is 15.7. The highest BCUT2D eigenvalue weighted by molar-refractivity contribution is 5.55. The molecule has 0 spiro atoms. The molecule has 2 aromatic rings. The highest BCUT2D eigenvalue weighted by atomic mass is 15.2. The number of hydrogen-bond acceptors (Lipinski definition) is 5. The van der Waals surface area contributed by atoms with Gasteiger partial charge in [0.2, 0.25) is 5.95 Å². The lowest BCUT2D eigenvalue weighted by Crippen LogP contribution is -2.36. The van der Waals surface area contributed by atoms with Crippen LogP contribution < -0.4 is 16.0 Å². The molecule has 5 nitrogen and oxygen atoms in total. The second-order valence-corrected chi connectivity index (χ2v) is 6.05. The van der Waals surface area contributed by atoms with Crippen LogP contribution >= 0.6 is 0 Å². The number of hydrogen-bond donors (Lipinski definition) is 2. The van der Waals surface area contributed by atoms with E-state index in [4.69, 9.17) is 10.7 Å². The van der Waals surface area contributed by atoms with Crippen molar-refractivity contribution in [1.82, 2.24) is 9.97 Å². The van der Waals surface area contributed by atoms with Gasteiger partial charge in [-0.15, -0.1) is 0 Å². The topological polar surface area (TPSA) is 67.1 Å². The third-order valence-corrected chi connectivity index (χ3v) is 4.43. The number of piperidine rings is 1. The molecule has 1 aromatic carbocycles. The van der Waals surface area contributed by atoms with Gasteiger partial charge in [-0.3, -0.25) is 0 Å². The summed E-state index contributed by atoms with van der Waals surface area (Å²) >= 11 is 0. The first-order valence-electron chi connectivity index (χ1n) is 8.43. The standard InChI is InChI=1S/C18H25N5/c1-2-15-12-17(23-10-8-14(13-19)9-11-23)22-18(20-15)21-16-6-4-3-5-7-16/h3-7,12,14H,2,8-11,13,19H2,1H3,(H,20,21,22). The molecule has 1 aromatic heterocycles. The summed E-state index contributed by atoms with van der Waals surface area (Å²) in [6, 6.07) is 12.2. The average molecular weight is 311 g/mol. The molecule has 5 heteroatoms. The maximum atomic E-state index is 5.79. The van der Waals surface area contributed by atoms with Crippen molar-refractivity contribution in [1.29, 1.82) is 0 Å². The van der Waals surface area contributed by atoms with E-state index in [1.807, 2.05) is 30.3 Å². The summed E-state index contributed by atoms with van der Waals surface area (Å²) in [4.78, 5) is 11.7. The zero-order chi connectivity index (χ0) is 16.1. The minimum absolute atomic E-state index is 0.653. The van der Waals surface area contributed by atoms with E-state index in [9.17, 15) is 0 Å². The summed E-state index contributed by atoms with van der Waals surface area (Å²) in [5.41, 5.74) is 7.86. The minimum atomic E-state index is 0.653. The van der Waals surface area contributed by atoms with Crippen LogP contribution in [-0.2, 0) is 6.42 Å². The fraction of sp³-hybridized carbons (Fsp3) is 0.444. The Morgan fingerprint density at radius 2 is 1.91 bits per heavy atom. The Hall–Kier alpha value is -2.14. The molecular formula is C18H25N5. The number of benzene rings is 1. The Morgan fingerprint density at radius 1 is 1.17 bits per heavy atom. The van der Waals surface area contributed by atoms with Crippen molar-refractivity contribution >= 4 is 17.5 Å². The predicted molar refractivity (Wildman–Crippen MR) is 95.1 cm³/mol. The molecule has 1 aliphatic rings. The second kappa shape index (κ2) is 7.42. The zero-order valence-corrected chi connectivity index (χ0v) is 13.7. The summed E-state index contributed by atoms with van der Waals surface area (Å²) in [6.07, 6.45) is 3.19. The van der Waals surface area contributed by atoms with Gasteiger partial charge in [0.05, 0.1) is 0 Å². The van der Waals surface area contributed by atoms with E-state index in [1.165, 1.54) is 0 Å². The second-order valence-electron chi connectivity index (χ2n) is 6.05. The SMILES string of the molecule is CCc1cc(N2CCC(CN)CC2)nc(Nc2ccccc2)n1. The normalized spacial score (nSPS) is 15.7. The van der Waals surface area contributed by atoms with E-state index in [-0.39, 0.29) is 0 Å².